The predicted octanol–water partition coefficient (Wildman–Crippen LogP) is 2.99. The average molecular weight is 442 g/mol. The number of carbonyl (C=O) groups excluding carboxylic acids is 1. The fraction of sp³-hybridized carbons (Fsp3) is 0.636. The van der Waals surface area contributed by atoms with Gasteiger partial charge in [-0.05, 0) is 31.4 Å². The highest BCUT2D eigenvalue weighted by Gasteiger charge is 2.33. The molecule has 174 valence electrons. The first-order valence-corrected chi connectivity index (χ1v) is 10.7. The molecule has 2 rings (SSSR count). The van der Waals surface area contributed by atoms with Crippen molar-refractivity contribution in [2.45, 2.75) is 32.5 Å². The van der Waals surface area contributed by atoms with Crippen LogP contribution in [0.4, 0.5) is 13.2 Å². The lowest BCUT2D eigenvalue weighted by atomic mass is 10.1. The summed E-state index contributed by atoms with van der Waals surface area (Å²) >= 11 is 0. The number of likely N-dealkylation sites (tertiary alicyclic amines) is 1. The van der Waals surface area contributed by atoms with Crippen molar-refractivity contribution in [1.29, 1.82) is 0 Å². The van der Waals surface area contributed by atoms with Crippen LogP contribution < -0.4 is 5.32 Å². The zero-order chi connectivity index (χ0) is 23.0. The molecule has 9 heteroatoms. The minimum absolute atomic E-state index is 0.0210. The van der Waals surface area contributed by atoms with Crippen LogP contribution in [0.5, 0.6) is 0 Å². The second kappa shape index (κ2) is 11.4. The van der Waals surface area contributed by atoms with E-state index in [2.05, 4.69) is 15.2 Å². The molecule has 1 aliphatic rings. The van der Waals surface area contributed by atoms with Crippen molar-refractivity contribution in [3.63, 3.8) is 0 Å². The van der Waals surface area contributed by atoms with Crippen molar-refractivity contribution in [3.8, 4) is 0 Å². The molecule has 1 N–H and O–H groups in total. The summed E-state index contributed by atoms with van der Waals surface area (Å²) < 4.78 is 38.4. The highest BCUT2D eigenvalue weighted by Crippen LogP contribution is 2.22. The molecule has 1 saturated heterocycles. The second-order valence-electron chi connectivity index (χ2n) is 8.25. The number of nitrogens with one attached hydrogen (secondary N) is 1. The number of nitrogens with zero attached hydrogens (tertiary/aromatic N) is 4. The maximum Gasteiger partial charge on any atom is 0.401 e. The van der Waals surface area contributed by atoms with Crippen LogP contribution in [0, 0.1) is 5.92 Å². The van der Waals surface area contributed by atoms with E-state index in [1.54, 1.807) is 21.0 Å². The Morgan fingerprint density at radius 3 is 2.55 bits per heavy atom. The Morgan fingerprint density at radius 2 is 1.97 bits per heavy atom. The van der Waals surface area contributed by atoms with Crippen LogP contribution in [0.3, 0.4) is 0 Å². The van der Waals surface area contributed by atoms with Crippen LogP contribution in [0.25, 0.3) is 0 Å². The molecule has 1 amide bonds. The molecule has 0 aromatic heterocycles. The standard InChI is InChI=1S/C22H34F3N5O/c1-5-29(16-22(23,24)25)14-18-11-12-30(15-18)21(26-13-20(31)28(3)4)27-17(2)19-9-7-6-8-10-19/h6-10,17-18H,5,11-16H2,1-4H3,(H,26,27). The number of rotatable bonds is 8. The number of halogens is 3. The molecule has 0 saturated carbocycles. The normalized spacial score (nSPS) is 18.4. The SMILES string of the molecule is CCN(CC1CCN(C(=NCC(=O)N(C)C)NC(C)c2ccccc2)C1)CC(F)(F)F. The third kappa shape index (κ3) is 8.40. The molecule has 0 bridgehead atoms. The van der Waals surface area contributed by atoms with Gasteiger partial charge in [0.15, 0.2) is 5.96 Å². The Labute approximate surface area is 183 Å². The zero-order valence-corrected chi connectivity index (χ0v) is 18.8. The van der Waals surface area contributed by atoms with Gasteiger partial charge in [0.2, 0.25) is 5.91 Å². The van der Waals surface area contributed by atoms with E-state index in [1.807, 2.05) is 37.3 Å². The molecular formula is C22H34F3N5O. The summed E-state index contributed by atoms with van der Waals surface area (Å²) in [6, 6.07) is 9.89. The van der Waals surface area contributed by atoms with E-state index in [-0.39, 0.29) is 24.4 Å². The van der Waals surface area contributed by atoms with E-state index in [4.69, 9.17) is 0 Å². The fourth-order valence-electron chi connectivity index (χ4n) is 3.64. The number of likely N-dealkylation sites (N-methyl/N-ethyl adjacent to an activating group) is 1. The molecule has 1 fully saturated rings. The van der Waals surface area contributed by atoms with Crippen LogP contribution >= 0.6 is 0 Å². The number of benzene rings is 1. The number of amides is 1. The second-order valence-corrected chi connectivity index (χ2v) is 8.25. The van der Waals surface area contributed by atoms with E-state index in [9.17, 15) is 18.0 Å². The topological polar surface area (TPSA) is 51.2 Å². The maximum absolute atomic E-state index is 12.8. The van der Waals surface area contributed by atoms with Gasteiger partial charge in [-0.2, -0.15) is 13.2 Å². The number of guanidine groups is 1. The Bertz CT molecular complexity index is 724. The van der Waals surface area contributed by atoms with E-state index in [1.165, 1.54) is 9.80 Å². The van der Waals surface area contributed by atoms with Crippen LogP contribution in [-0.2, 0) is 4.79 Å². The van der Waals surface area contributed by atoms with Gasteiger partial charge in [-0.1, -0.05) is 37.3 Å². The molecule has 0 radical (unpaired) electrons. The summed E-state index contributed by atoms with van der Waals surface area (Å²) in [6.45, 7) is 4.96. The van der Waals surface area contributed by atoms with Crippen molar-refractivity contribution in [3.05, 3.63) is 35.9 Å². The van der Waals surface area contributed by atoms with Crippen LogP contribution in [0.15, 0.2) is 35.3 Å². The van der Waals surface area contributed by atoms with Gasteiger partial charge in [-0.3, -0.25) is 9.69 Å². The minimum Gasteiger partial charge on any atom is -0.350 e. The van der Waals surface area contributed by atoms with E-state index < -0.39 is 12.7 Å². The first kappa shape index (κ1) is 25.0. The fourth-order valence-corrected chi connectivity index (χ4v) is 3.64. The van der Waals surface area contributed by atoms with E-state index in [0.717, 1.165) is 12.0 Å². The monoisotopic (exact) mass is 441 g/mol. The van der Waals surface area contributed by atoms with Crippen molar-refractivity contribution in [1.82, 2.24) is 20.0 Å². The van der Waals surface area contributed by atoms with Crippen molar-refractivity contribution < 1.29 is 18.0 Å². The molecule has 2 unspecified atom stereocenters. The summed E-state index contributed by atoms with van der Waals surface area (Å²) in [7, 11) is 3.37. The Balaban J connectivity index is 2.07. The smallest absolute Gasteiger partial charge is 0.350 e. The van der Waals surface area contributed by atoms with Crippen molar-refractivity contribution in [2.75, 3.05) is 53.4 Å². The molecule has 1 aromatic rings. The first-order chi connectivity index (χ1) is 14.6. The lowest BCUT2D eigenvalue weighted by molar-refractivity contribution is -0.146. The number of alkyl halides is 3. The number of hydrogen-bond donors (Lipinski definition) is 1. The Kier molecular flexibility index (Phi) is 9.15. The molecule has 0 spiro atoms. The quantitative estimate of drug-likeness (QED) is 0.498. The minimum atomic E-state index is -4.19. The third-order valence-electron chi connectivity index (χ3n) is 5.46. The van der Waals surface area contributed by atoms with Crippen LogP contribution in [-0.4, -0.2) is 86.1 Å². The van der Waals surface area contributed by atoms with E-state index >= 15 is 0 Å². The molecule has 2 atom stereocenters. The first-order valence-electron chi connectivity index (χ1n) is 10.7. The predicted molar refractivity (Wildman–Crippen MR) is 117 cm³/mol. The summed E-state index contributed by atoms with van der Waals surface area (Å²) in [5.74, 6) is 0.628. The lowest BCUT2D eigenvalue weighted by Gasteiger charge is -2.27. The van der Waals surface area contributed by atoms with Crippen molar-refractivity contribution in [2.24, 2.45) is 10.9 Å². The number of hydrogen-bond acceptors (Lipinski definition) is 3. The highest BCUT2D eigenvalue weighted by atomic mass is 19.4. The summed E-state index contributed by atoms with van der Waals surface area (Å²) in [4.78, 5) is 21.6. The molecule has 1 aromatic carbocycles. The molecule has 31 heavy (non-hydrogen) atoms. The molecule has 1 aliphatic heterocycles. The third-order valence-corrected chi connectivity index (χ3v) is 5.46. The molecular weight excluding hydrogens is 407 g/mol. The maximum atomic E-state index is 12.8. The van der Waals surface area contributed by atoms with Gasteiger partial charge in [-0.15, -0.1) is 0 Å². The zero-order valence-electron chi connectivity index (χ0n) is 18.8. The largest absolute Gasteiger partial charge is 0.401 e. The average Bonchev–Trinajstić information content (AvgIpc) is 3.18. The Morgan fingerprint density at radius 1 is 1.29 bits per heavy atom. The van der Waals surface area contributed by atoms with Gasteiger partial charge in [0.1, 0.15) is 6.54 Å². The number of carbonyl (C=O) groups is 1. The van der Waals surface area contributed by atoms with E-state index in [0.29, 0.717) is 32.1 Å². The van der Waals surface area contributed by atoms with Gasteiger partial charge >= 0.3 is 6.18 Å². The molecule has 0 aliphatic carbocycles. The summed E-state index contributed by atoms with van der Waals surface area (Å²) in [5.41, 5.74) is 1.09. The lowest BCUT2D eigenvalue weighted by Crippen LogP contribution is -2.43. The number of aliphatic imine (C=N–C) groups is 1. The van der Waals surface area contributed by atoms with Crippen molar-refractivity contribution >= 4 is 11.9 Å². The summed E-state index contributed by atoms with van der Waals surface area (Å²) in [6.07, 6.45) is -3.41. The van der Waals surface area contributed by atoms with Gasteiger partial charge in [-0.25, -0.2) is 4.99 Å². The van der Waals surface area contributed by atoms with Gasteiger partial charge in [0.05, 0.1) is 12.6 Å². The highest BCUT2D eigenvalue weighted by molar-refractivity contribution is 5.85. The molecule has 1 heterocycles. The van der Waals surface area contributed by atoms with Gasteiger partial charge < -0.3 is 15.1 Å². The van der Waals surface area contributed by atoms with Gasteiger partial charge in [0, 0.05) is 33.7 Å². The van der Waals surface area contributed by atoms with Gasteiger partial charge in [0.25, 0.3) is 0 Å². The van der Waals surface area contributed by atoms with Crippen LogP contribution in [0.1, 0.15) is 31.9 Å². The summed E-state index contributed by atoms with van der Waals surface area (Å²) in [5, 5.41) is 3.41. The molecule has 6 nitrogen and oxygen atoms in total. The Hall–Kier alpha value is -2.29. The van der Waals surface area contributed by atoms with Crippen LogP contribution in [0.2, 0.25) is 0 Å².